The topological polar surface area (TPSA) is 67.5 Å². The lowest BCUT2D eigenvalue weighted by molar-refractivity contribution is -0.384. The molecular weight excluding hydrogens is 313 g/mol. The highest BCUT2D eigenvalue weighted by molar-refractivity contribution is 6.33. The SMILES string of the molecule is C/C(=N/Nc1ccccc1Cl)c1ccc(Cl)c([N+](=O)[O-])c1. The Morgan fingerprint density at radius 3 is 2.57 bits per heavy atom. The van der Waals surface area contributed by atoms with Gasteiger partial charge in [-0.25, -0.2) is 0 Å². The zero-order valence-electron chi connectivity index (χ0n) is 11.0. The number of nitrogens with zero attached hydrogens (tertiary/aromatic N) is 2. The Bertz CT molecular complexity index is 717. The van der Waals surface area contributed by atoms with Crippen molar-refractivity contribution in [3.05, 3.63) is 68.2 Å². The molecule has 108 valence electrons. The molecule has 7 heteroatoms. The Morgan fingerprint density at radius 2 is 1.90 bits per heavy atom. The van der Waals surface area contributed by atoms with Gasteiger partial charge in [0.2, 0.25) is 0 Å². The maximum atomic E-state index is 10.9. The molecule has 0 radical (unpaired) electrons. The van der Waals surface area contributed by atoms with Gasteiger partial charge >= 0.3 is 0 Å². The van der Waals surface area contributed by atoms with Crippen molar-refractivity contribution in [3.63, 3.8) is 0 Å². The van der Waals surface area contributed by atoms with E-state index in [1.54, 1.807) is 25.1 Å². The maximum absolute atomic E-state index is 10.9. The molecule has 5 nitrogen and oxygen atoms in total. The van der Waals surface area contributed by atoms with Crippen molar-refractivity contribution in [1.82, 2.24) is 0 Å². The summed E-state index contributed by atoms with van der Waals surface area (Å²) in [5.41, 5.74) is 4.51. The fourth-order valence-corrected chi connectivity index (χ4v) is 2.00. The van der Waals surface area contributed by atoms with Gasteiger partial charge in [0, 0.05) is 11.6 Å². The lowest BCUT2D eigenvalue weighted by Gasteiger charge is -2.05. The second-order valence-corrected chi connectivity index (χ2v) is 5.03. The van der Waals surface area contributed by atoms with Crippen LogP contribution in [-0.2, 0) is 0 Å². The van der Waals surface area contributed by atoms with Crippen LogP contribution in [0.15, 0.2) is 47.6 Å². The van der Waals surface area contributed by atoms with Gasteiger partial charge in [-0.3, -0.25) is 15.5 Å². The summed E-state index contributed by atoms with van der Waals surface area (Å²) in [4.78, 5) is 10.3. The van der Waals surface area contributed by atoms with Crippen LogP contribution in [-0.4, -0.2) is 10.6 Å². The summed E-state index contributed by atoms with van der Waals surface area (Å²) in [5, 5.41) is 15.7. The molecule has 0 bridgehead atoms. The normalized spacial score (nSPS) is 11.3. The number of hydrazone groups is 1. The fourth-order valence-electron chi connectivity index (χ4n) is 1.64. The second-order valence-electron chi connectivity index (χ2n) is 4.21. The molecule has 2 aromatic carbocycles. The highest BCUT2D eigenvalue weighted by Gasteiger charge is 2.13. The summed E-state index contributed by atoms with van der Waals surface area (Å²) >= 11 is 11.8. The molecule has 0 aliphatic carbocycles. The van der Waals surface area contributed by atoms with E-state index < -0.39 is 4.92 Å². The standard InChI is InChI=1S/C14H11Cl2N3O2/c1-9(17-18-13-5-3-2-4-11(13)15)10-6-7-12(16)14(8-10)19(20)21/h2-8,18H,1H3/b17-9-. The van der Waals surface area contributed by atoms with Crippen LogP contribution in [0.3, 0.4) is 0 Å². The van der Waals surface area contributed by atoms with Crippen molar-refractivity contribution in [1.29, 1.82) is 0 Å². The molecule has 0 unspecified atom stereocenters. The Labute approximate surface area is 131 Å². The molecule has 0 aromatic heterocycles. The van der Waals surface area contributed by atoms with Gasteiger partial charge in [0.1, 0.15) is 5.02 Å². The van der Waals surface area contributed by atoms with E-state index in [0.717, 1.165) is 0 Å². The maximum Gasteiger partial charge on any atom is 0.288 e. The molecule has 0 atom stereocenters. The van der Waals surface area contributed by atoms with Crippen molar-refractivity contribution in [2.24, 2.45) is 5.10 Å². The van der Waals surface area contributed by atoms with Crippen LogP contribution in [0.2, 0.25) is 10.0 Å². The van der Waals surface area contributed by atoms with Crippen LogP contribution in [0.25, 0.3) is 0 Å². The summed E-state index contributed by atoms with van der Waals surface area (Å²) in [5.74, 6) is 0. The van der Waals surface area contributed by atoms with Gasteiger partial charge in [-0.2, -0.15) is 5.10 Å². The first-order chi connectivity index (χ1) is 9.99. The molecule has 0 saturated carbocycles. The Kier molecular flexibility index (Phi) is 4.77. The minimum Gasteiger partial charge on any atom is -0.277 e. The highest BCUT2D eigenvalue weighted by atomic mass is 35.5. The van der Waals surface area contributed by atoms with Crippen LogP contribution in [0.1, 0.15) is 12.5 Å². The molecule has 0 fully saturated rings. The van der Waals surface area contributed by atoms with Gasteiger partial charge < -0.3 is 0 Å². The number of nitro groups is 1. The number of nitro benzene ring substituents is 1. The number of hydrogen-bond acceptors (Lipinski definition) is 4. The van der Waals surface area contributed by atoms with Crippen LogP contribution < -0.4 is 5.43 Å². The monoisotopic (exact) mass is 323 g/mol. The summed E-state index contributed by atoms with van der Waals surface area (Å²) in [6.07, 6.45) is 0. The van der Waals surface area contributed by atoms with Crippen molar-refractivity contribution in [2.45, 2.75) is 6.92 Å². The number of rotatable bonds is 4. The van der Waals surface area contributed by atoms with E-state index in [2.05, 4.69) is 10.5 Å². The molecule has 0 heterocycles. The summed E-state index contributed by atoms with van der Waals surface area (Å²) in [7, 11) is 0. The van der Waals surface area contributed by atoms with Gasteiger partial charge in [0.25, 0.3) is 5.69 Å². The molecular formula is C14H11Cl2N3O2. The zero-order chi connectivity index (χ0) is 15.4. The molecule has 0 saturated heterocycles. The Morgan fingerprint density at radius 1 is 1.19 bits per heavy atom. The number of anilines is 1. The van der Waals surface area contributed by atoms with E-state index in [4.69, 9.17) is 23.2 Å². The van der Waals surface area contributed by atoms with E-state index in [9.17, 15) is 10.1 Å². The van der Waals surface area contributed by atoms with Crippen molar-refractivity contribution in [2.75, 3.05) is 5.43 Å². The Balaban J connectivity index is 2.26. The van der Waals surface area contributed by atoms with Crippen LogP contribution in [0.4, 0.5) is 11.4 Å². The van der Waals surface area contributed by atoms with Gasteiger partial charge in [0.05, 0.1) is 21.3 Å². The third kappa shape index (κ3) is 3.71. The number of para-hydroxylation sites is 1. The lowest BCUT2D eigenvalue weighted by atomic mass is 10.1. The lowest BCUT2D eigenvalue weighted by Crippen LogP contribution is -2.01. The number of benzene rings is 2. The van der Waals surface area contributed by atoms with Gasteiger partial charge in [0.15, 0.2) is 0 Å². The summed E-state index contributed by atoms with van der Waals surface area (Å²) < 4.78 is 0. The van der Waals surface area contributed by atoms with Crippen LogP contribution in [0.5, 0.6) is 0 Å². The molecule has 2 rings (SSSR count). The first-order valence-electron chi connectivity index (χ1n) is 5.98. The van der Waals surface area contributed by atoms with Gasteiger partial charge in [-0.1, -0.05) is 41.4 Å². The molecule has 0 amide bonds. The van der Waals surface area contributed by atoms with E-state index in [0.29, 0.717) is 22.0 Å². The third-order valence-electron chi connectivity index (χ3n) is 2.78. The third-order valence-corrected chi connectivity index (χ3v) is 3.43. The van der Waals surface area contributed by atoms with Gasteiger partial charge in [-0.05, 0) is 25.1 Å². The first-order valence-corrected chi connectivity index (χ1v) is 6.74. The first kappa shape index (κ1) is 15.3. The predicted molar refractivity (Wildman–Crippen MR) is 85.4 cm³/mol. The predicted octanol–water partition coefficient (Wildman–Crippen LogP) is 4.74. The smallest absolute Gasteiger partial charge is 0.277 e. The summed E-state index contributed by atoms with van der Waals surface area (Å²) in [6, 6.07) is 11.7. The Hall–Kier alpha value is -2.11. The van der Waals surface area contributed by atoms with E-state index in [1.807, 2.05) is 12.1 Å². The minimum absolute atomic E-state index is 0.0932. The van der Waals surface area contributed by atoms with Gasteiger partial charge in [-0.15, -0.1) is 0 Å². The van der Waals surface area contributed by atoms with Crippen molar-refractivity contribution >= 4 is 40.3 Å². The molecule has 0 spiro atoms. The molecule has 21 heavy (non-hydrogen) atoms. The number of hydrogen-bond donors (Lipinski definition) is 1. The largest absolute Gasteiger partial charge is 0.288 e. The average molecular weight is 324 g/mol. The van der Waals surface area contributed by atoms with E-state index in [1.165, 1.54) is 12.1 Å². The fraction of sp³-hybridized carbons (Fsp3) is 0.0714. The molecule has 2 aromatic rings. The second kappa shape index (κ2) is 6.56. The molecule has 1 N–H and O–H groups in total. The minimum atomic E-state index is -0.527. The van der Waals surface area contributed by atoms with Crippen LogP contribution in [0, 0.1) is 10.1 Å². The quantitative estimate of drug-likeness (QED) is 0.502. The van der Waals surface area contributed by atoms with E-state index in [-0.39, 0.29) is 10.7 Å². The number of halogens is 2. The van der Waals surface area contributed by atoms with E-state index >= 15 is 0 Å². The zero-order valence-corrected chi connectivity index (χ0v) is 12.5. The van der Waals surface area contributed by atoms with Crippen molar-refractivity contribution in [3.8, 4) is 0 Å². The highest BCUT2D eigenvalue weighted by Crippen LogP contribution is 2.25. The summed E-state index contributed by atoms with van der Waals surface area (Å²) in [6.45, 7) is 1.73. The molecule has 0 aliphatic heterocycles. The van der Waals surface area contributed by atoms with Crippen molar-refractivity contribution < 1.29 is 4.92 Å². The average Bonchev–Trinajstić information content (AvgIpc) is 2.46. The molecule has 0 aliphatic rings. The van der Waals surface area contributed by atoms with Crippen LogP contribution >= 0.6 is 23.2 Å². The number of nitrogens with one attached hydrogen (secondary N) is 1.